The largest absolute Gasteiger partial charge is 0.458 e. The summed E-state index contributed by atoms with van der Waals surface area (Å²) < 4.78 is 11.9. The van der Waals surface area contributed by atoms with Gasteiger partial charge in [0.25, 0.3) is 0 Å². The molecule has 0 radical (unpaired) electrons. The van der Waals surface area contributed by atoms with E-state index in [9.17, 15) is 4.79 Å². The molecule has 0 saturated heterocycles. The van der Waals surface area contributed by atoms with E-state index >= 15 is 0 Å². The quantitative estimate of drug-likeness (QED) is 0.144. The molecule has 2 saturated carbocycles. The summed E-state index contributed by atoms with van der Waals surface area (Å²) in [5.74, 6) is 0.482. The van der Waals surface area contributed by atoms with Crippen LogP contribution in [0.15, 0.2) is 12.2 Å². The molecule has 3 nitrogen and oxygen atoms in total. The number of ether oxygens (including phenoxy) is 2. The van der Waals surface area contributed by atoms with Crippen molar-refractivity contribution in [3.8, 4) is 0 Å². The average Bonchev–Trinajstić information content (AvgIpc) is 3.26. The maximum atomic E-state index is 12.0. The van der Waals surface area contributed by atoms with Gasteiger partial charge in [-0.25, -0.2) is 4.79 Å². The molecule has 0 aromatic carbocycles. The van der Waals surface area contributed by atoms with Crippen molar-refractivity contribution < 1.29 is 14.3 Å². The van der Waals surface area contributed by atoms with Gasteiger partial charge in [0, 0.05) is 17.6 Å². The maximum Gasteiger partial charge on any atom is 0.333 e. The first-order valence-corrected chi connectivity index (χ1v) is 12.5. The molecule has 0 spiro atoms. The topological polar surface area (TPSA) is 35.5 Å². The third kappa shape index (κ3) is 8.44. The molecule has 0 heterocycles. The van der Waals surface area contributed by atoms with Crippen LogP contribution >= 0.6 is 0 Å². The Morgan fingerprint density at radius 1 is 0.966 bits per heavy atom. The van der Waals surface area contributed by atoms with E-state index in [-0.39, 0.29) is 17.5 Å². The average molecular weight is 407 g/mol. The minimum Gasteiger partial charge on any atom is -0.458 e. The van der Waals surface area contributed by atoms with Crippen molar-refractivity contribution in [2.45, 2.75) is 123 Å². The third-order valence-electron chi connectivity index (χ3n) is 7.11. The van der Waals surface area contributed by atoms with E-state index in [4.69, 9.17) is 9.47 Å². The van der Waals surface area contributed by atoms with Crippen molar-refractivity contribution in [2.75, 3.05) is 13.2 Å². The van der Waals surface area contributed by atoms with E-state index < -0.39 is 0 Å². The molecule has 29 heavy (non-hydrogen) atoms. The number of unbranched alkanes of at least 4 members (excludes halogenated alkanes) is 11. The highest BCUT2D eigenvalue weighted by Gasteiger charge is 2.54. The van der Waals surface area contributed by atoms with Crippen LogP contribution in [0.5, 0.6) is 0 Å². The van der Waals surface area contributed by atoms with Crippen molar-refractivity contribution in [3.05, 3.63) is 12.2 Å². The number of carbonyl (C=O) groups excluding carboxylic acids is 1. The van der Waals surface area contributed by atoms with Gasteiger partial charge < -0.3 is 9.47 Å². The fourth-order valence-electron chi connectivity index (χ4n) is 5.26. The van der Waals surface area contributed by atoms with Gasteiger partial charge in [-0.05, 0) is 44.9 Å². The maximum absolute atomic E-state index is 12.0. The summed E-state index contributed by atoms with van der Waals surface area (Å²) in [6.45, 7) is 9.34. The van der Waals surface area contributed by atoms with Crippen molar-refractivity contribution in [1.82, 2.24) is 0 Å². The molecule has 0 N–H and O–H groups in total. The molecular weight excluding hydrogens is 360 g/mol. The normalized spacial score (nSPS) is 25.4. The standard InChI is InChI=1S/C26H46O3/c1-4-5-6-7-8-9-10-11-12-13-14-15-18-28-21-26-17-16-23(20-26)19-24(26)29-25(27)22(2)3/h23-24H,2,4-21H2,1,3H3. The monoisotopic (exact) mass is 406 g/mol. The summed E-state index contributed by atoms with van der Waals surface area (Å²) in [6.07, 6.45) is 21.0. The van der Waals surface area contributed by atoms with Gasteiger partial charge in [-0.1, -0.05) is 84.1 Å². The van der Waals surface area contributed by atoms with Crippen LogP contribution in [0.2, 0.25) is 0 Å². The SMILES string of the molecule is C=C(C)C(=O)OC1CC2CCC1(COCCCCCCCCCCCCCC)C2. The van der Waals surface area contributed by atoms with Gasteiger partial charge in [-0.2, -0.15) is 0 Å². The van der Waals surface area contributed by atoms with Crippen molar-refractivity contribution >= 4 is 5.97 Å². The lowest BCUT2D eigenvalue weighted by atomic mass is 9.82. The lowest BCUT2D eigenvalue weighted by Crippen LogP contribution is -2.38. The van der Waals surface area contributed by atoms with Crippen LogP contribution in [0.25, 0.3) is 0 Å². The molecule has 3 atom stereocenters. The number of esters is 1. The van der Waals surface area contributed by atoms with Gasteiger partial charge in [0.15, 0.2) is 0 Å². The number of hydrogen-bond acceptors (Lipinski definition) is 3. The predicted octanol–water partition coefficient (Wildman–Crippen LogP) is 7.38. The second-order valence-electron chi connectivity index (χ2n) is 9.82. The Morgan fingerprint density at radius 3 is 2.10 bits per heavy atom. The van der Waals surface area contributed by atoms with Crippen molar-refractivity contribution in [3.63, 3.8) is 0 Å². The van der Waals surface area contributed by atoms with Gasteiger partial charge in [-0.3, -0.25) is 0 Å². The van der Waals surface area contributed by atoms with Gasteiger partial charge in [0.2, 0.25) is 0 Å². The van der Waals surface area contributed by atoms with Gasteiger partial charge in [-0.15, -0.1) is 0 Å². The highest BCUT2D eigenvalue weighted by Crippen LogP contribution is 2.55. The number of hydrogen-bond donors (Lipinski definition) is 0. The molecule has 2 rings (SSSR count). The lowest BCUT2D eigenvalue weighted by Gasteiger charge is -2.34. The molecule has 0 aromatic heterocycles. The van der Waals surface area contributed by atoms with E-state index in [0.29, 0.717) is 11.5 Å². The van der Waals surface area contributed by atoms with Crippen LogP contribution in [0.4, 0.5) is 0 Å². The molecular formula is C26H46O3. The van der Waals surface area contributed by atoms with Crippen LogP contribution in [0.1, 0.15) is 117 Å². The Morgan fingerprint density at radius 2 is 1.55 bits per heavy atom. The fraction of sp³-hybridized carbons (Fsp3) is 0.885. The molecule has 168 valence electrons. The van der Waals surface area contributed by atoms with Crippen molar-refractivity contribution in [2.24, 2.45) is 11.3 Å². The molecule has 3 heteroatoms. The summed E-state index contributed by atoms with van der Waals surface area (Å²) in [7, 11) is 0. The Hall–Kier alpha value is -0.830. The fourth-order valence-corrected chi connectivity index (χ4v) is 5.26. The van der Waals surface area contributed by atoms with E-state index in [1.165, 1.54) is 83.5 Å². The van der Waals surface area contributed by atoms with Crippen molar-refractivity contribution in [1.29, 1.82) is 0 Å². The van der Waals surface area contributed by atoms with E-state index in [2.05, 4.69) is 13.5 Å². The molecule has 2 bridgehead atoms. The molecule has 3 unspecified atom stereocenters. The second-order valence-corrected chi connectivity index (χ2v) is 9.82. The smallest absolute Gasteiger partial charge is 0.333 e. The molecule has 2 aliphatic rings. The highest BCUT2D eigenvalue weighted by atomic mass is 16.5. The summed E-state index contributed by atoms with van der Waals surface area (Å²) in [5, 5.41) is 0. The third-order valence-corrected chi connectivity index (χ3v) is 7.11. The second kappa shape index (κ2) is 13.5. The Balaban J connectivity index is 1.46. The zero-order chi connectivity index (χ0) is 21.0. The van der Waals surface area contributed by atoms with Crippen LogP contribution in [-0.2, 0) is 14.3 Å². The van der Waals surface area contributed by atoms with Crippen LogP contribution in [-0.4, -0.2) is 25.3 Å². The molecule has 0 amide bonds. The molecule has 2 aliphatic carbocycles. The highest BCUT2D eigenvalue weighted by molar-refractivity contribution is 5.87. The number of fused-ring (bicyclic) bond motifs is 2. The van der Waals surface area contributed by atoms with Gasteiger partial charge in [0.05, 0.1) is 6.61 Å². The number of carbonyl (C=O) groups is 1. The Labute approximate surface area is 180 Å². The summed E-state index contributed by atoms with van der Waals surface area (Å²) in [4.78, 5) is 12.0. The van der Waals surface area contributed by atoms with E-state index in [0.717, 1.165) is 32.5 Å². The van der Waals surface area contributed by atoms with Crippen LogP contribution < -0.4 is 0 Å². The summed E-state index contributed by atoms with van der Waals surface area (Å²) >= 11 is 0. The predicted molar refractivity (Wildman–Crippen MR) is 121 cm³/mol. The molecule has 0 aromatic rings. The minimum atomic E-state index is -0.233. The summed E-state index contributed by atoms with van der Waals surface area (Å²) in [6, 6.07) is 0. The zero-order valence-electron chi connectivity index (χ0n) is 19.3. The van der Waals surface area contributed by atoms with Crippen LogP contribution in [0.3, 0.4) is 0 Å². The van der Waals surface area contributed by atoms with E-state index in [1.807, 2.05) is 0 Å². The first kappa shape index (κ1) is 24.4. The lowest BCUT2D eigenvalue weighted by molar-refractivity contribution is -0.153. The Kier molecular flexibility index (Phi) is 11.4. The van der Waals surface area contributed by atoms with Crippen LogP contribution in [0, 0.1) is 11.3 Å². The molecule has 0 aliphatic heterocycles. The Bertz CT molecular complexity index is 486. The van der Waals surface area contributed by atoms with E-state index in [1.54, 1.807) is 6.92 Å². The summed E-state index contributed by atoms with van der Waals surface area (Å²) in [5.41, 5.74) is 0.577. The number of rotatable bonds is 17. The zero-order valence-corrected chi connectivity index (χ0v) is 19.3. The molecule has 2 fully saturated rings. The van der Waals surface area contributed by atoms with Gasteiger partial charge >= 0.3 is 5.97 Å². The first-order valence-electron chi connectivity index (χ1n) is 12.5. The first-order chi connectivity index (χ1) is 14.1. The minimum absolute atomic E-state index is 0.0347. The van der Waals surface area contributed by atoms with Gasteiger partial charge in [0.1, 0.15) is 6.10 Å².